The molecule has 6 nitrogen and oxygen atoms in total. The van der Waals surface area contributed by atoms with E-state index < -0.39 is 6.04 Å². The third-order valence-electron chi connectivity index (χ3n) is 5.76. The number of anilines is 1. The number of aryl methyl sites for hydroxylation is 1. The number of carbonyl (C=O) groups is 3. The molecule has 31 heavy (non-hydrogen) atoms. The van der Waals surface area contributed by atoms with E-state index in [0.29, 0.717) is 37.3 Å². The van der Waals surface area contributed by atoms with Gasteiger partial charge in [-0.3, -0.25) is 14.4 Å². The summed E-state index contributed by atoms with van der Waals surface area (Å²) in [6.07, 6.45) is 0. The summed E-state index contributed by atoms with van der Waals surface area (Å²) in [5.41, 5.74) is 3.39. The van der Waals surface area contributed by atoms with Gasteiger partial charge in [-0.25, -0.2) is 0 Å². The molecule has 3 rings (SSSR count). The van der Waals surface area contributed by atoms with Gasteiger partial charge in [0.15, 0.2) is 5.78 Å². The van der Waals surface area contributed by atoms with Gasteiger partial charge in [-0.05, 0) is 56.2 Å². The fourth-order valence-electron chi connectivity index (χ4n) is 3.73. The number of Topliss-reactive ketones (excluding diaryl/α,β-unsaturated/α-hetero) is 1. The molecule has 0 radical (unpaired) electrons. The molecule has 0 saturated carbocycles. The van der Waals surface area contributed by atoms with Gasteiger partial charge in [-0.2, -0.15) is 0 Å². The maximum absolute atomic E-state index is 13.2. The number of benzene rings is 2. The number of nitrogens with zero attached hydrogens (tertiary/aromatic N) is 2. The first-order chi connectivity index (χ1) is 14.8. The summed E-state index contributed by atoms with van der Waals surface area (Å²) in [5, 5.41) is 2.93. The molecule has 1 aliphatic rings. The van der Waals surface area contributed by atoms with Crippen LogP contribution in [0.15, 0.2) is 48.5 Å². The lowest BCUT2D eigenvalue weighted by Crippen LogP contribution is -2.56. The van der Waals surface area contributed by atoms with Crippen LogP contribution in [0.1, 0.15) is 47.1 Å². The van der Waals surface area contributed by atoms with Gasteiger partial charge < -0.3 is 15.1 Å². The Morgan fingerprint density at radius 2 is 1.39 bits per heavy atom. The quantitative estimate of drug-likeness (QED) is 0.727. The average Bonchev–Trinajstić information content (AvgIpc) is 2.77. The highest BCUT2D eigenvalue weighted by Gasteiger charge is 2.31. The lowest BCUT2D eigenvalue weighted by molar-refractivity contribution is -0.134. The lowest BCUT2D eigenvalue weighted by atomic mass is 10.0. The topological polar surface area (TPSA) is 69.7 Å². The van der Waals surface area contributed by atoms with Gasteiger partial charge in [0.2, 0.25) is 5.91 Å². The molecule has 1 atom stereocenters. The first-order valence-corrected chi connectivity index (χ1v) is 10.8. The van der Waals surface area contributed by atoms with Crippen LogP contribution in [0, 0.1) is 12.8 Å². The Labute approximate surface area is 184 Å². The Hall–Kier alpha value is -3.15. The number of piperazine rings is 1. The minimum absolute atomic E-state index is 0.0148. The van der Waals surface area contributed by atoms with Crippen LogP contribution in [0.4, 0.5) is 5.69 Å². The van der Waals surface area contributed by atoms with Crippen molar-refractivity contribution in [1.29, 1.82) is 0 Å². The zero-order valence-corrected chi connectivity index (χ0v) is 18.7. The molecule has 2 aromatic rings. The molecular formula is C25H31N3O3. The van der Waals surface area contributed by atoms with Gasteiger partial charge in [0.1, 0.15) is 6.04 Å². The smallest absolute Gasteiger partial charge is 0.251 e. The van der Waals surface area contributed by atoms with Gasteiger partial charge in [-0.15, -0.1) is 0 Å². The second-order valence-electron chi connectivity index (χ2n) is 8.48. The Bertz CT molecular complexity index is 927. The number of amides is 2. The molecule has 1 heterocycles. The molecule has 1 aliphatic heterocycles. The molecule has 0 aliphatic carbocycles. The highest BCUT2D eigenvalue weighted by Crippen LogP contribution is 2.19. The number of carbonyl (C=O) groups excluding carboxylic acids is 3. The summed E-state index contributed by atoms with van der Waals surface area (Å²) >= 11 is 0. The van der Waals surface area contributed by atoms with Crippen LogP contribution in [-0.2, 0) is 4.79 Å². The molecule has 2 amide bonds. The Morgan fingerprint density at radius 1 is 0.839 bits per heavy atom. The molecule has 6 heteroatoms. The van der Waals surface area contributed by atoms with E-state index in [1.165, 1.54) is 0 Å². The zero-order chi connectivity index (χ0) is 22.5. The fraction of sp³-hybridized carbons (Fsp3) is 0.400. The van der Waals surface area contributed by atoms with Crippen molar-refractivity contribution in [1.82, 2.24) is 10.2 Å². The van der Waals surface area contributed by atoms with Crippen molar-refractivity contribution in [3.63, 3.8) is 0 Å². The van der Waals surface area contributed by atoms with Crippen LogP contribution in [0.25, 0.3) is 0 Å². The standard InChI is InChI=1S/C25H31N3O3/c1-17(2)23(26-24(30)21-7-5-18(3)6-8-21)25(31)28-15-13-27(14-16-28)22-11-9-20(10-12-22)19(4)29/h5-12,17,23H,13-16H2,1-4H3,(H,26,30)/t23-/m1/s1. The molecule has 0 bridgehead atoms. The van der Waals surface area contributed by atoms with Gasteiger partial charge in [-0.1, -0.05) is 31.5 Å². The molecule has 1 N–H and O–H groups in total. The first kappa shape index (κ1) is 22.5. The van der Waals surface area contributed by atoms with E-state index in [2.05, 4.69) is 10.2 Å². The summed E-state index contributed by atoms with van der Waals surface area (Å²) in [5.74, 6) is -0.230. The monoisotopic (exact) mass is 421 g/mol. The predicted molar refractivity (Wildman–Crippen MR) is 123 cm³/mol. The molecule has 1 fully saturated rings. The highest BCUT2D eigenvalue weighted by atomic mass is 16.2. The predicted octanol–water partition coefficient (Wildman–Crippen LogP) is 3.30. The third kappa shape index (κ3) is 5.51. The maximum Gasteiger partial charge on any atom is 0.251 e. The van der Waals surface area contributed by atoms with Crippen LogP contribution in [0.5, 0.6) is 0 Å². The number of nitrogens with one attached hydrogen (secondary N) is 1. The molecule has 0 aromatic heterocycles. The summed E-state index contributed by atoms with van der Waals surface area (Å²) in [4.78, 5) is 41.3. The normalized spacial score (nSPS) is 15.0. The van der Waals surface area contributed by atoms with E-state index in [9.17, 15) is 14.4 Å². The number of hydrogen-bond acceptors (Lipinski definition) is 4. The minimum atomic E-state index is -0.560. The first-order valence-electron chi connectivity index (χ1n) is 10.8. The fourth-order valence-corrected chi connectivity index (χ4v) is 3.73. The van der Waals surface area contributed by atoms with E-state index in [4.69, 9.17) is 0 Å². The van der Waals surface area contributed by atoms with Crippen molar-refractivity contribution in [3.05, 3.63) is 65.2 Å². The van der Waals surface area contributed by atoms with E-state index in [-0.39, 0.29) is 23.5 Å². The SMILES string of the molecule is CC(=O)c1ccc(N2CCN(C(=O)[C@H](NC(=O)c3ccc(C)cc3)C(C)C)CC2)cc1. The second-order valence-corrected chi connectivity index (χ2v) is 8.48. The minimum Gasteiger partial charge on any atom is -0.368 e. The Balaban J connectivity index is 1.61. The average molecular weight is 422 g/mol. The number of ketones is 1. The summed E-state index contributed by atoms with van der Waals surface area (Å²) in [7, 11) is 0. The van der Waals surface area contributed by atoms with Crippen LogP contribution in [0.3, 0.4) is 0 Å². The molecule has 0 spiro atoms. The summed E-state index contributed by atoms with van der Waals surface area (Å²) in [6, 6.07) is 14.4. The molecular weight excluding hydrogens is 390 g/mol. The zero-order valence-electron chi connectivity index (χ0n) is 18.7. The van der Waals surface area contributed by atoms with Crippen molar-refractivity contribution in [2.75, 3.05) is 31.1 Å². The third-order valence-corrected chi connectivity index (χ3v) is 5.76. The van der Waals surface area contributed by atoms with Gasteiger partial charge in [0.05, 0.1) is 0 Å². The van der Waals surface area contributed by atoms with E-state index >= 15 is 0 Å². The van der Waals surface area contributed by atoms with E-state index in [1.807, 2.05) is 62.1 Å². The molecule has 164 valence electrons. The maximum atomic E-state index is 13.2. The van der Waals surface area contributed by atoms with Crippen LogP contribution in [0.2, 0.25) is 0 Å². The van der Waals surface area contributed by atoms with Crippen molar-refractivity contribution >= 4 is 23.3 Å². The Kier molecular flexibility index (Phi) is 7.10. The highest BCUT2D eigenvalue weighted by molar-refractivity contribution is 5.97. The van der Waals surface area contributed by atoms with E-state index in [0.717, 1.165) is 11.3 Å². The van der Waals surface area contributed by atoms with Crippen LogP contribution in [-0.4, -0.2) is 54.7 Å². The number of hydrogen-bond donors (Lipinski definition) is 1. The largest absolute Gasteiger partial charge is 0.368 e. The van der Waals surface area contributed by atoms with Crippen molar-refractivity contribution in [2.24, 2.45) is 5.92 Å². The van der Waals surface area contributed by atoms with Crippen molar-refractivity contribution in [3.8, 4) is 0 Å². The summed E-state index contributed by atoms with van der Waals surface area (Å²) in [6.45, 7) is 10.0. The second kappa shape index (κ2) is 9.77. The Morgan fingerprint density at radius 3 is 1.90 bits per heavy atom. The summed E-state index contributed by atoms with van der Waals surface area (Å²) < 4.78 is 0. The van der Waals surface area contributed by atoms with Crippen LogP contribution < -0.4 is 10.2 Å². The number of rotatable bonds is 6. The van der Waals surface area contributed by atoms with Gasteiger partial charge >= 0.3 is 0 Å². The molecule has 0 unspecified atom stereocenters. The van der Waals surface area contributed by atoms with Gasteiger partial charge in [0.25, 0.3) is 5.91 Å². The lowest BCUT2D eigenvalue weighted by Gasteiger charge is -2.38. The van der Waals surface area contributed by atoms with E-state index in [1.54, 1.807) is 19.1 Å². The molecule has 1 saturated heterocycles. The molecule has 2 aromatic carbocycles. The van der Waals surface area contributed by atoms with Crippen molar-refractivity contribution < 1.29 is 14.4 Å². The van der Waals surface area contributed by atoms with Gasteiger partial charge in [0, 0.05) is 43.0 Å². The van der Waals surface area contributed by atoms with Crippen molar-refractivity contribution in [2.45, 2.75) is 33.7 Å². The van der Waals surface area contributed by atoms with Crippen LogP contribution >= 0.6 is 0 Å².